The number of carbonyl (C=O) groups is 1. The van der Waals surface area contributed by atoms with Crippen LogP contribution in [0.25, 0.3) is 0 Å². The van der Waals surface area contributed by atoms with E-state index in [2.05, 4.69) is 11.7 Å². The first-order chi connectivity index (χ1) is 7.20. The van der Waals surface area contributed by atoms with Crippen LogP contribution in [0.3, 0.4) is 0 Å². The molecule has 0 aliphatic heterocycles. The van der Waals surface area contributed by atoms with Crippen molar-refractivity contribution in [2.45, 2.75) is 51.6 Å². The number of esters is 1. The van der Waals surface area contributed by atoms with Crippen LogP contribution < -0.4 is 0 Å². The molecule has 0 aromatic rings. The fourth-order valence-corrected chi connectivity index (χ4v) is 1.31. The van der Waals surface area contributed by atoms with Gasteiger partial charge in [0.2, 0.25) is 0 Å². The molecular weight excluding hydrogens is 192 g/mol. The van der Waals surface area contributed by atoms with Crippen molar-refractivity contribution < 1.29 is 14.6 Å². The van der Waals surface area contributed by atoms with Gasteiger partial charge in [-0.15, -0.1) is 0 Å². The summed E-state index contributed by atoms with van der Waals surface area (Å²) < 4.78 is 4.44. The fourth-order valence-electron chi connectivity index (χ4n) is 1.31. The Balaban J connectivity index is 3.44. The van der Waals surface area contributed by atoms with E-state index in [4.69, 9.17) is 0 Å². The molecule has 0 aromatic heterocycles. The lowest BCUT2D eigenvalue weighted by Crippen LogP contribution is -2.05. The Bertz CT molecular complexity index is 187. The average Bonchev–Trinajstić information content (AvgIpc) is 2.24. The second kappa shape index (κ2) is 9.71. The molecule has 1 unspecified atom stereocenters. The van der Waals surface area contributed by atoms with Gasteiger partial charge in [-0.25, -0.2) is 4.79 Å². The highest BCUT2D eigenvalue weighted by atomic mass is 16.5. The van der Waals surface area contributed by atoms with Gasteiger partial charge in [0.05, 0.1) is 13.2 Å². The molecule has 88 valence electrons. The third-order valence-electron chi connectivity index (χ3n) is 2.25. The SMILES string of the molecule is CCCCCCC(O)CC=CC(=O)OC. The van der Waals surface area contributed by atoms with Crippen molar-refractivity contribution in [2.75, 3.05) is 7.11 Å². The zero-order valence-corrected chi connectivity index (χ0v) is 9.74. The van der Waals surface area contributed by atoms with Crippen molar-refractivity contribution in [3.05, 3.63) is 12.2 Å². The van der Waals surface area contributed by atoms with Gasteiger partial charge < -0.3 is 9.84 Å². The molecule has 0 aromatic carbocycles. The Hall–Kier alpha value is -0.830. The molecule has 0 amide bonds. The number of carbonyl (C=O) groups excluding carboxylic acids is 1. The lowest BCUT2D eigenvalue weighted by atomic mass is 10.1. The van der Waals surface area contributed by atoms with Crippen LogP contribution in [-0.2, 0) is 9.53 Å². The molecule has 0 rings (SSSR count). The van der Waals surface area contributed by atoms with Gasteiger partial charge in [0, 0.05) is 6.08 Å². The van der Waals surface area contributed by atoms with E-state index in [1.54, 1.807) is 6.08 Å². The van der Waals surface area contributed by atoms with Gasteiger partial charge in [-0.05, 0) is 12.8 Å². The van der Waals surface area contributed by atoms with E-state index in [0.29, 0.717) is 6.42 Å². The van der Waals surface area contributed by atoms with Crippen molar-refractivity contribution in [2.24, 2.45) is 0 Å². The number of hydrogen-bond donors (Lipinski definition) is 1. The molecule has 1 N–H and O–H groups in total. The van der Waals surface area contributed by atoms with Crippen LogP contribution >= 0.6 is 0 Å². The zero-order chi connectivity index (χ0) is 11.5. The van der Waals surface area contributed by atoms with E-state index in [0.717, 1.165) is 12.8 Å². The van der Waals surface area contributed by atoms with Gasteiger partial charge in [0.25, 0.3) is 0 Å². The monoisotopic (exact) mass is 214 g/mol. The molecule has 0 heterocycles. The molecule has 3 nitrogen and oxygen atoms in total. The number of unbranched alkanes of at least 4 members (excludes halogenated alkanes) is 3. The van der Waals surface area contributed by atoms with Crippen molar-refractivity contribution in [1.82, 2.24) is 0 Å². The summed E-state index contributed by atoms with van der Waals surface area (Å²) in [7, 11) is 1.34. The van der Waals surface area contributed by atoms with E-state index in [1.807, 2.05) is 0 Å². The number of hydrogen-bond acceptors (Lipinski definition) is 3. The highest BCUT2D eigenvalue weighted by Crippen LogP contribution is 2.08. The number of ether oxygens (including phenoxy) is 1. The second-order valence-corrected chi connectivity index (χ2v) is 3.66. The van der Waals surface area contributed by atoms with E-state index in [1.165, 1.54) is 32.4 Å². The highest BCUT2D eigenvalue weighted by Gasteiger charge is 2.01. The molecule has 0 aliphatic carbocycles. The molecule has 0 saturated carbocycles. The largest absolute Gasteiger partial charge is 0.466 e. The highest BCUT2D eigenvalue weighted by molar-refractivity contribution is 5.81. The third-order valence-corrected chi connectivity index (χ3v) is 2.25. The molecule has 1 atom stereocenters. The Labute approximate surface area is 92.1 Å². The van der Waals surface area contributed by atoms with Crippen LogP contribution in [0.4, 0.5) is 0 Å². The predicted molar refractivity (Wildman–Crippen MR) is 60.5 cm³/mol. The maximum absolute atomic E-state index is 10.7. The summed E-state index contributed by atoms with van der Waals surface area (Å²) >= 11 is 0. The summed E-state index contributed by atoms with van der Waals surface area (Å²) in [6.45, 7) is 2.16. The summed E-state index contributed by atoms with van der Waals surface area (Å²) in [6.07, 6.45) is 8.69. The zero-order valence-electron chi connectivity index (χ0n) is 9.74. The Kier molecular flexibility index (Phi) is 9.18. The normalized spacial score (nSPS) is 13.0. The molecule has 3 heteroatoms. The molecule has 0 spiro atoms. The minimum absolute atomic E-state index is 0.331. The summed E-state index contributed by atoms with van der Waals surface area (Å²) in [5.41, 5.74) is 0. The Morgan fingerprint density at radius 2 is 2.13 bits per heavy atom. The molecule has 0 fully saturated rings. The molecule has 15 heavy (non-hydrogen) atoms. The van der Waals surface area contributed by atoms with Crippen molar-refractivity contribution in [1.29, 1.82) is 0 Å². The Morgan fingerprint density at radius 1 is 1.40 bits per heavy atom. The minimum Gasteiger partial charge on any atom is -0.466 e. The number of methoxy groups -OCH3 is 1. The second-order valence-electron chi connectivity index (χ2n) is 3.66. The first kappa shape index (κ1) is 14.2. The average molecular weight is 214 g/mol. The van der Waals surface area contributed by atoms with Gasteiger partial charge in [0.1, 0.15) is 0 Å². The first-order valence-electron chi connectivity index (χ1n) is 5.63. The number of aliphatic hydroxyl groups excluding tert-OH is 1. The number of rotatable bonds is 8. The summed E-state index contributed by atoms with van der Waals surface area (Å²) in [5.74, 6) is -0.367. The van der Waals surface area contributed by atoms with Crippen molar-refractivity contribution in [3.63, 3.8) is 0 Å². The van der Waals surface area contributed by atoms with Crippen molar-refractivity contribution in [3.8, 4) is 0 Å². The van der Waals surface area contributed by atoms with Crippen LogP contribution in [0.1, 0.15) is 45.4 Å². The Morgan fingerprint density at radius 3 is 2.73 bits per heavy atom. The van der Waals surface area contributed by atoms with E-state index in [-0.39, 0.29) is 12.1 Å². The van der Waals surface area contributed by atoms with Crippen molar-refractivity contribution >= 4 is 5.97 Å². The summed E-state index contributed by atoms with van der Waals surface area (Å²) in [4.78, 5) is 10.7. The van der Waals surface area contributed by atoms with Gasteiger partial charge in [-0.2, -0.15) is 0 Å². The smallest absolute Gasteiger partial charge is 0.330 e. The van der Waals surface area contributed by atoms with Crippen LogP contribution in [-0.4, -0.2) is 24.3 Å². The molecular formula is C12H22O3. The third kappa shape index (κ3) is 9.47. The molecule has 0 aliphatic rings. The van der Waals surface area contributed by atoms with Gasteiger partial charge in [0.15, 0.2) is 0 Å². The standard InChI is InChI=1S/C12H22O3/c1-3-4-5-6-8-11(13)9-7-10-12(14)15-2/h7,10-11,13H,3-6,8-9H2,1-2H3. The van der Waals surface area contributed by atoms with Gasteiger partial charge in [-0.1, -0.05) is 38.7 Å². The van der Waals surface area contributed by atoms with Gasteiger partial charge >= 0.3 is 5.97 Å². The molecule has 0 radical (unpaired) electrons. The summed E-state index contributed by atoms with van der Waals surface area (Å²) in [5, 5.41) is 9.53. The van der Waals surface area contributed by atoms with E-state index in [9.17, 15) is 9.90 Å². The van der Waals surface area contributed by atoms with E-state index < -0.39 is 0 Å². The van der Waals surface area contributed by atoms with Crippen LogP contribution in [0.15, 0.2) is 12.2 Å². The lowest BCUT2D eigenvalue weighted by Gasteiger charge is -2.06. The summed E-state index contributed by atoms with van der Waals surface area (Å²) in [6, 6.07) is 0. The predicted octanol–water partition coefficient (Wildman–Crippen LogP) is 2.44. The minimum atomic E-state index is -0.367. The van der Waals surface area contributed by atoms with Crippen LogP contribution in [0.2, 0.25) is 0 Å². The molecule has 0 saturated heterocycles. The maximum atomic E-state index is 10.7. The van der Waals surface area contributed by atoms with Gasteiger partial charge in [-0.3, -0.25) is 0 Å². The van der Waals surface area contributed by atoms with Crippen LogP contribution in [0, 0.1) is 0 Å². The van der Waals surface area contributed by atoms with Crippen LogP contribution in [0.5, 0.6) is 0 Å². The maximum Gasteiger partial charge on any atom is 0.330 e. The lowest BCUT2D eigenvalue weighted by molar-refractivity contribution is -0.134. The number of aliphatic hydroxyl groups is 1. The first-order valence-corrected chi connectivity index (χ1v) is 5.63. The quantitative estimate of drug-likeness (QED) is 0.383. The van der Waals surface area contributed by atoms with E-state index >= 15 is 0 Å². The fraction of sp³-hybridized carbons (Fsp3) is 0.750. The molecule has 0 bridgehead atoms. The topological polar surface area (TPSA) is 46.5 Å².